The van der Waals surface area contributed by atoms with E-state index in [0.29, 0.717) is 10.9 Å². The van der Waals surface area contributed by atoms with Crippen LogP contribution in [0.2, 0.25) is 5.15 Å². The number of hydrogen-bond acceptors (Lipinski definition) is 3. The molecule has 0 fully saturated rings. The van der Waals surface area contributed by atoms with Crippen LogP contribution in [0.25, 0.3) is 33.5 Å². The van der Waals surface area contributed by atoms with Crippen molar-refractivity contribution in [1.29, 1.82) is 0 Å². The Morgan fingerprint density at radius 2 is 2.04 bits per heavy atom. The number of hydrogen-bond donors (Lipinski definition) is 1. The molecule has 0 bridgehead atoms. The number of benzene rings is 1. The van der Waals surface area contributed by atoms with Crippen LogP contribution in [-0.2, 0) is 32.7 Å². The van der Waals surface area contributed by atoms with E-state index >= 15 is 0 Å². The first-order valence-corrected chi connectivity index (χ1v) is 7.18. The molecule has 4 rings (SSSR count). The summed E-state index contributed by atoms with van der Waals surface area (Å²) in [4.78, 5) is 7.39. The van der Waals surface area contributed by atoms with Crippen LogP contribution in [0.4, 0.5) is 0 Å². The molecule has 6 heteroatoms. The summed E-state index contributed by atoms with van der Waals surface area (Å²) in [6.07, 6.45) is 3.59. The van der Waals surface area contributed by atoms with Crippen LogP contribution in [-0.4, -0.2) is 15.1 Å². The number of nitrogens with one attached hydrogen (secondary N) is 1. The zero-order valence-corrected chi connectivity index (χ0v) is 15.9. The maximum absolute atomic E-state index is 5.93. The largest absolute Gasteiger partial charge is 0.357 e. The Hall–Kier alpha value is -1.49. The molecule has 0 amide bonds. The van der Waals surface area contributed by atoms with Crippen molar-refractivity contribution in [3.05, 3.63) is 59.5 Å². The fraction of sp³-hybridized carbons (Fsp3) is 0.0588. The molecule has 111 valence electrons. The number of aromatic amines is 1. The summed E-state index contributed by atoms with van der Waals surface area (Å²) in [5.74, 6) is 0.707. The van der Waals surface area contributed by atoms with Gasteiger partial charge in [-0.1, -0.05) is 23.7 Å². The summed E-state index contributed by atoms with van der Waals surface area (Å²) in [6.45, 7) is 2.02. The van der Waals surface area contributed by atoms with E-state index in [4.69, 9.17) is 16.1 Å². The summed E-state index contributed by atoms with van der Waals surface area (Å²) in [5, 5.41) is 5.37. The molecule has 0 atom stereocenters. The van der Waals surface area contributed by atoms with Crippen molar-refractivity contribution in [1.82, 2.24) is 15.1 Å². The number of H-pyrrole nitrogens is 1. The molecule has 0 aliphatic carbocycles. The molecule has 0 unspecified atom stereocenters. The molecule has 0 aliphatic rings. The number of nitrogens with zero attached hydrogens (tertiary/aromatic N) is 2. The molecule has 3 heterocycles. The molecule has 0 saturated heterocycles. The third-order valence-corrected chi connectivity index (χ3v) is 3.88. The molecule has 4 nitrogen and oxygen atoms in total. The Labute approximate surface area is 163 Å². The maximum atomic E-state index is 5.93. The number of pyridine rings is 1. The second-order valence-electron chi connectivity index (χ2n) is 5.01. The average molecular weight is 398 g/mol. The fourth-order valence-electron chi connectivity index (χ4n) is 2.61. The van der Waals surface area contributed by atoms with Crippen molar-refractivity contribution >= 4 is 22.6 Å². The molecule has 3 aromatic heterocycles. The first-order chi connectivity index (χ1) is 10.7. The van der Waals surface area contributed by atoms with Crippen LogP contribution in [0, 0.1) is 13.0 Å². The number of rotatable bonds is 2. The van der Waals surface area contributed by atoms with E-state index in [1.807, 2.05) is 37.4 Å². The summed E-state index contributed by atoms with van der Waals surface area (Å²) in [6, 6.07) is 12.8. The van der Waals surface area contributed by atoms with Gasteiger partial charge >= 0.3 is 0 Å². The second-order valence-corrected chi connectivity index (χ2v) is 5.40. The van der Waals surface area contributed by atoms with E-state index in [9.17, 15) is 0 Å². The van der Waals surface area contributed by atoms with Gasteiger partial charge in [0.25, 0.3) is 0 Å². The SMILES string of the molecule is Cc1[c-]cccc1-c1cnoc1-c1c[nH]c2nc(Cl)ccc12.[Y]. The molecule has 4 aromatic rings. The standard InChI is InChI=1S/C17H11ClN3O.Y/c1-10-4-2-3-5-11(10)14-9-20-22-16(14)13-8-19-17-12(13)6-7-15(18)21-17;/h2-3,5-9H,1H3,(H,19,21);/q-1;. The van der Waals surface area contributed by atoms with Crippen molar-refractivity contribution in [2.45, 2.75) is 6.92 Å². The maximum Gasteiger partial charge on any atom is 0.164 e. The van der Waals surface area contributed by atoms with E-state index < -0.39 is 0 Å². The molecule has 1 N–H and O–H groups in total. The van der Waals surface area contributed by atoms with Gasteiger partial charge in [-0.25, -0.2) is 4.98 Å². The normalized spacial score (nSPS) is 10.7. The zero-order valence-electron chi connectivity index (χ0n) is 12.3. The van der Waals surface area contributed by atoms with Crippen LogP contribution < -0.4 is 0 Å². The Morgan fingerprint density at radius 3 is 2.87 bits per heavy atom. The minimum Gasteiger partial charge on any atom is -0.357 e. The predicted octanol–water partition coefficient (Wildman–Crippen LogP) is 4.64. The van der Waals surface area contributed by atoms with Gasteiger partial charge < -0.3 is 9.51 Å². The quantitative estimate of drug-likeness (QED) is 0.396. The van der Waals surface area contributed by atoms with Crippen LogP contribution in [0.1, 0.15) is 5.56 Å². The van der Waals surface area contributed by atoms with Gasteiger partial charge in [0.05, 0.1) is 6.20 Å². The minimum absolute atomic E-state index is 0. The number of fused-ring (bicyclic) bond motifs is 1. The molecular formula is C17H11ClN3OY-. The Morgan fingerprint density at radius 1 is 1.17 bits per heavy atom. The van der Waals surface area contributed by atoms with Crippen LogP contribution >= 0.6 is 11.6 Å². The van der Waals surface area contributed by atoms with Crippen molar-refractivity contribution in [3.8, 4) is 22.5 Å². The van der Waals surface area contributed by atoms with Gasteiger partial charge in [-0.3, -0.25) is 0 Å². The molecular weight excluding hydrogens is 387 g/mol. The molecule has 0 saturated carbocycles. The van der Waals surface area contributed by atoms with Gasteiger partial charge in [-0.15, -0.1) is 5.56 Å². The summed E-state index contributed by atoms with van der Waals surface area (Å²) < 4.78 is 5.51. The van der Waals surface area contributed by atoms with Crippen molar-refractivity contribution < 1.29 is 37.2 Å². The van der Waals surface area contributed by atoms with Gasteiger partial charge in [-0.2, -0.15) is 29.8 Å². The fourth-order valence-corrected chi connectivity index (χ4v) is 2.75. The summed E-state index contributed by atoms with van der Waals surface area (Å²) >= 11 is 5.93. The topological polar surface area (TPSA) is 54.7 Å². The predicted molar refractivity (Wildman–Crippen MR) is 85.6 cm³/mol. The van der Waals surface area contributed by atoms with Crippen LogP contribution in [0.15, 0.2) is 47.2 Å². The summed E-state index contributed by atoms with van der Waals surface area (Å²) in [5.41, 5.74) is 4.67. The van der Waals surface area contributed by atoms with Crippen molar-refractivity contribution in [2.75, 3.05) is 0 Å². The number of aryl methyl sites for hydroxylation is 1. The zero-order chi connectivity index (χ0) is 15.1. The smallest absolute Gasteiger partial charge is 0.164 e. The van der Waals surface area contributed by atoms with Crippen molar-refractivity contribution in [2.24, 2.45) is 0 Å². The van der Waals surface area contributed by atoms with Gasteiger partial charge in [0, 0.05) is 49.9 Å². The Bertz CT molecular complexity index is 977. The number of halogens is 1. The third kappa shape index (κ3) is 2.87. The minimum atomic E-state index is 0. The van der Waals surface area contributed by atoms with E-state index in [1.54, 1.807) is 12.3 Å². The second kappa shape index (κ2) is 6.56. The third-order valence-electron chi connectivity index (χ3n) is 3.67. The molecule has 23 heavy (non-hydrogen) atoms. The van der Waals surface area contributed by atoms with Gasteiger partial charge in [-0.05, 0) is 17.7 Å². The van der Waals surface area contributed by atoms with E-state index in [2.05, 4.69) is 21.2 Å². The van der Waals surface area contributed by atoms with Crippen LogP contribution in [0.3, 0.4) is 0 Å². The van der Waals surface area contributed by atoms with Gasteiger partial charge in [0.1, 0.15) is 10.8 Å². The van der Waals surface area contributed by atoms with E-state index in [0.717, 1.165) is 33.3 Å². The molecule has 1 radical (unpaired) electrons. The molecule has 1 aromatic carbocycles. The average Bonchev–Trinajstić information content (AvgIpc) is 3.13. The van der Waals surface area contributed by atoms with Crippen molar-refractivity contribution in [3.63, 3.8) is 0 Å². The monoisotopic (exact) mass is 397 g/mol. The van der Waals surface area contributed by atoms with E-state index in [-0.39, 0.29) is 32.7 Å². The summed E-state index contributed by atoms with van der Waals surface area (Å²) in [7, 11) is 0. The first kappa shape index (κ1) is 16.4. The Balaban J connectivity index is 0.00000156. The van der Waals surface area contributed by atoms with E-state index in [1.165, 1.54) is 0 Å². The Kier molecular flexibility index (Phi) is 4.67. The molecule has 0 aliphatic heterocycles. The molecule has 0 spiro atoms. The van der Waals surface area contributed by atoms with Crippen LogP contribution in [0.5, 0.6) is 0 Å². The van der Waals surface area contributed by atoms with Gasteiger partial charge in [0.15, 0.2) is 5.76 Å². The van der Waals surface area contributed by atoms with Gasteiger partial charge in [0.2, 0.25) is 0 Å². The number of aromatic nitrogens is 3. The first-order valence-electron chi connectivity index (χ1n) is 6.80.